The monoisotopic (exact) mass is 343 g/mol. The van der Waals surface area contributed by atoms with Gasteiger partial charge in [-0.05, 0) is 51.8 Å². The fraction of sp³-hybridized carbons (Fsp3) is 0.143. The second kappa shape index (κ2) is 6.37. The summed E-state index contributed by atoms with van der Waals surface area (Å²) in [5.41, 5.74) is 1.48. The number of hydrogen-bond acceptors (Lipinski definition) is 2. The third kappa shape index (κ3) is 3.69. The molecule has 0 radical (unpaired) electrons. The molecular weight excluding hydrogens is 333 g/mol. The molecule has 0 heterocycles. The lowest BCUT2D eigenvalue weighted by Crippen LogP contribution is -2.14. The normalized spacial score (nSPS) is 12.2. The first kappa shape index (κ1) is 14.3. The average Bonchev–Trinajstić information content (AvgIpc) is 2.39. The summed E-state index contributed by atoms with van der Waals surface area (Å²) in [6.07, 6.45) is 0. The highest BCUT2D eigenvalue weighted by molar-refractivity contribution is 9.10. The van der Waals surface area contributed by atoms with E-state index in [1.54, 1.807) is 18.2 Å². The summed E-state index contributed by atoms with van der Waals surface area (Å²) in [5.74, 6) is -0.320. The van der Waals surface area contributed by atoms with Crippen LogP contribution in [0.2, 0.25) is 5.02 Å². The van der Waals surface area contributed by atoms with Crippen molar-refractivity contribution in [3.05, 3.63) is 63.3 Å². The Morgan fingerprint density at radius 3 is 2.68 bits per heavy atom. The van der Waals surface area contributed by atoms with Gasteiger partial charge in [-0.25, -0.2) is 4.39 Å². The molecule has 0 aromatic heterocycles. The van der Waals surface area contributed by atoms with Crippen LogP contribution in [0.25, 0.3) is 0 Å². The summed E-state index contributed by atoms with van der Waals surface area (Å²) >= 11 is 9.27. The Morgan fingerprint density at radius 2 is 2.05 bits per heavy atom. The average molecular weight is 345 g/mol. The highest BCUT2D eigenvalue weighted by atomic mass is 79.9. The van der Waals surface area contributed by atoms with Crippen LogP contribution < -0.4 is 5.32 Å². The van der Waals surface area contributed by atoms with Gasteiger partial charge in [-0.3, -0.25) is 0 Å². The van der Waals surface area contributed by atoms with E-state index in [1.165, 1.54) is 12.1 Å². The van der Waals surface area contributed by atoms with Gasteiger partial charge < -0.3 is 10.4 Å². The van der Waals surface area contributed by atoms with Gasteiger partial charge in [-0.1, -0.05) is 23.7 Å². The summed E-state index contributed by atoms with van der Waals surface area (Å²) < 4.78 is 13.9. The number of aliphatic hydroxyl groups excluding tert-OH is 1. The SMILES string of the molecule is OCC(Nc1cccc(F)c1)c1ccc(Cl)c(Br)c1. The fourth-order valence-electron chi connectivity index (χ4n) is 1.74. The van der Waals surface area contributed by atoms with Crippen molar-refractivity contribution in [2.45, 2.75) is 6.04 Å². The molecule has 2 N–H and O–H groups in total. The quantitative estimate of drug-likeness (QED) is 0.862. The second-order valence-electron chi connectivity index (χ2n) is 4.06. The van der Waals surface area contributed by atoms with Crippen LogP contribution in [0.4, 0.5) is 10.1 Å². The number of rotatable bonds is 4. The van der Waals surface area contributed by atoms with E-state index in [2.05, 4.69) is 21.2 Å². The molecule has 5 heteroatoms. The van der Waals surface area contributed by atoms with E-state index < -0.39 is 0 Å². The zero-order chi connectivity index (χ0) is 13.8. The molecule has 0 bridgehead atoms. The van der Waals surface area contributed by atoms with Gasteiger partial charge in [0.1, 0.15) is 5.82 Å². The molecule has 2 aromatic carbocycles. The Morgan fingerprint density at radius 1 is 1.26 bits per heavy atom. The summed E-state index contributed by atoms with van der Waals surface area (Å²) in [6, 6.07) is 11.2. The van der Waals surface area contributed by atoms with Crippen molar-refractivity contribution < 1.29 is 9.50 Å². The Bertz CT molecular complexity index is 579. The van der Waals surface area contributed by atoms with Crippen LogP contribution in [0.5, 0.6) is 0 Å². The van der Waals surface area contributed by atoms with Crippen molar-refractivity contribution in [2.75, 3.05) is 11.9 Å². The zero-order valence-corrected chi connectivity index (χ0v) is 12.2. The van der Waals surface area contributed by atoms with E-state index in [4.69, 9.17) is 11.6 Å². The molecule has 2 rings (SSSR count). The zero-order valence-electron chi connectivity index (χ0n) is 9.91. The van der Waals surface area contributed by atoms with Crippen molar-refractivity contribution >= 4 is 33.2 Å². The highest BCUT2D eigenvalue weighted by Crippen LogP contribution is 2.27. The first-order valence-corrected chi connectivity index (χ1v) is 6.85. The van der Waals surface area contributed by atoms with Crippen LogP contribution in [0.15, 0.2) is 46.9 Å². The summed E-state index contributed by atoms with van der Waals surface area (Å²) in [4.78, 5) is 0. The Balaban J connectivity index is 2.22. The maximum atomic E-state index is 13.1. The number of halogens is 3. The van der Waals surface area contributed by atoms with Crippen LogP contribution in [0.1, 0.15) is 11.6 Å². The maximum Gasteiger partial charge on any atom is 0.125 e. The van der Waals surface area contributed by atoms with Crippen LogP contribution in [0, 0.1) is 5.82 Å². The molecule has 0 aliphatic carbocycles. The molecule has 0 saturated carbocycles. The van der Waals surface area contributed by atoms with E-state index in [1.807, 2.05) is 12.1 Å². The van der Waals surface area contributed by atoms with Gasteiger partial charge in [0.2, 0.25) is 0 Å². The van der Waals surface area contributed by atoms with Crippen LogP contribution in [-0.2, 0) is 0 Å². The van der Waals surface area contributed by atoms with Crippen molar-refractivity contribution in [1.29, 1.82) is 0 Å². The predicted octanol–water partition coefficient (Wildman–Crippen LogP) is 4.39. The predicted molar refractivity (Wildman–Crippen MR) is 79.0 cm³/mol. The second-order valence-corrected chi connectivity index (χ2v) is 5.32. The largest absolute Gasteiger partial charge is 0.394 e. The minimum absolute atomic E-state index is 0.107. The molecule has 0 fully saturated rings. The standard InChI is InChI=1S/C14H12BrClFNO/c15-12-6-9(4-5-13(12)16)14(8-19)18-11-3-1-2-10(17)7-11/h1-7,14,18-19H,8H2. The van der Waals surface area contributed by atoms with Gasteiger partial charge in [0.05, 0.1) is 17.7 Å². The van der Waals surface area contributed by atoms with E-state index >= 15 is 0 Å². The molecule has 0 aliphatic rings. The molecule has 1 atom stereocenters. The minimum Gasteiger partial charge on any atom is -0.394 e. The smallest absolute Gasteiger partial charge is 0.125 e. The van der Waals surface area contributed by atoms with E-state index in [-0.39, 0.29) is 18.5 Å². The molecule has 2 nitrogen and oxygen atoms in total. The van der Waals surface area contributed by atoms with Crippen LogP contribution in [-0.4, -0.2) is 11.7 Å². The van der Waals surface area contributed by atoms with Gasteiger partial charge in [-0.2, -0.15) is 0 Å². The van der Waals surface area contributed by atoms with Gasteiger partial charge >= 0.3 is 0 Å². The summed E-state index contributed by atoms with van der Waals surface area (Å²) in [6.45, 7) is -0.107. The molecule has 19 heavy (non-hydrogen) atoms. The molecule has 0 spiro atoms. The highest BCUT2D eigenvalue weighted by Gasteiger charge is 2.12. The van der Waals surface area contributed by atoms with E-state index in [0.29, 0.717) is 10.7 Å². The Kier molecular flexibility index (Phi) is 4.80. The maximum absolute atomic E-state index is 13.1. The van der Waals surface area contributed by atoms with Crippen molar-refractivity contribution in [1.82, 2.24) is 0 Å². The third-order valence-corrected chi connectivity index (χ3v) is 3.91. The Hall–Kier alpha value is -1.10. The molecule has 1 unspecified atom stereocenters. The third-order valence-electron chi connectivity index (χ3n) is 2.69. The van der Waals surface area contributed by atoms with Gasteiger partial charge in [0.25, 0.3) is 0 Å². The molecular formula is C14H12BrClFNO. The lowest BCUT2D eigenvalue weighted by atomic mass is 10.1. The lowest BCUT2D eigenvalue weighted by molar-refractivity contribution is 0.276. The van der Waals surface area contributed by atoms with E-state index in [0.717, 1.165) is 10.0 Å². The van der Waals surface area contributed by atoms with Crippen LogP contribution in [0.3, 0.4) is 0 Å². The van der Waals surface area contributed by atoms with Crippen molar-refractivity contribution in [3.8, 4) is 0 Å². The summed E-state index contributed by atoms with van der Waals surface area (Å²) in [5, 5.41) is 13.1. The topological polar surface area (TPSA) is 32.3 Å². The number of aliphatic hydroxyl groups is 1. The molecule has 0 saturated heterocycles. The van der Waals surface area contributed by atoms with Gasteiger partial charge in [-0.15, -0.1) is 0 Å². The number of hydrogen-bond donors (Lipinski definition) is 2. The Labute approximate surface area is 124 Å². The van der Waals surface area contributed by atoms with E-state index in [9.17, 15) is 9.50 Å². The molecule has 0 aliphatic heterocycles. The molecule has 2 aromatic rings. The first-order valence-electron chi connectivity index (χ1n) is 5.68. The number of anilines is 1. The lowest BCUT2D eigenvalue weighted by Gasteiger charge is -2.18. The molecule has 0 amide bonds. The summed E-state index contributed by atoms with van der Waals surface area (Å²) in [7, 11) is 0. The van der Waals surface area contributed by atoms with Crippen LogP contribution >= 0.6 is 27.5 Å². The van der Waals surface area contributed by atoms with Crippen molar-refractivity contribution in [3.63, 3.8) is 0 Å². The van der Waals surface area contributed by atoms with Gasteiger partial charge in [0, 0.05) is 10.2 Å². The molecule has 100 valence electrons. The van der Waals surface area contributed by atoms with Crippen molar-refractivity contribution in [2.24, 2.45) is 0 Å². The fourth-order valence-corrected chi connectivity index (χ4v) is 2.26. The minimum atomic E-state index is -0.324. The number of benzene rings is 2. The first-order chi connectivity index (χ1) is 9.10. The number of nitrogens with one attached hydrogen (secondary N) is 1. The van der Waals surface area contributed by atoms with Gasteiger partial charge in [0.15, 0.2) is 0 Å².